The number of hydrogen-bond acceptors (Lipinski definition) is 7. The average molecular weight is 486 g/mol. The van der Waals surface area contributed by atoms with E-state index in [9.17, 15) is 9.90 Å². The van der Waals surface area contributed by atoms with E-state index in [1.807, 2.05) is 36.0 Å². The van der Waals surface area contributed by atoms with E-state index >= 15 is 0 Å². The van der Waals surface area contributed by atoms with Crippen LogP contribution in [0, 0.1) is 11.8 Å². The highest BCUT2D eigenvalue weighted by Gasteiger charge is 2.34. The topological polar surface area (TPSA) is 88.7 Å². The summed E-state index contributed by atoms with van der Waals surface area (Å²) in [5.41, 5.74) is 8.53. The molecule has 6 nitrogen and oxygen atoms in total. The zero-order valence-corrected chi connectivity index (χ0v) is 20.5. The SMILES string of the molecule is COc1ccc2nccc([C@H](N)CC[C@@H]3CCN(CCSc4cccs4)C[C@@H]3C(=O)O)c2c1. The zero-order valence-electron chi connectivity index (χ0n) is 18.9. The lowest BCUT2D eigenvalue weighted by Crippen LogP contribution is -2.44. The van der Waals surface area contributed by atoms with Crippen molar-refractivity contribution < 1.29 is 14.6 Å². The molecule has 1 saturated heterocycles. The van der Waals surface area contributed by atoms with Crippen molar-refractivity contribution in [1.29, 1.82) is 0 Å². The third-order valence-corrected chi connectivity index (χ3v) is 8.65. The van der Waals surface area contributed by atoms with E-state index in [1.165, 1.54) is 4.21 Å². The number of ether oxygens (including phenoxy) is 1. The van der Waals surface area contributed by atoms with Crippen molar-refractivity contribution in [3.63, 3.8) is 0 Å². The first kappa shape index (κ1) is 24.0. The lowest BCUT2D eigenvalue weighted by atomic mass is 9.81. The van der Waals surface area contributed by atoms with Crippen molar-refractivity contribution >= 4 is 40.0 Å². The van der Waals surface area contributed by atoms with Crippen LogP contribution in [-0.4, -0.2) is 53.5 Å². The molecule has 2 aromatic heterocycles. The van der Waals surface area contributed by atoms with Crippen molar-refractivity contribution in [3.8, 4) is 5.75 Å². The van der Waals surface area contributed by atoms with E-state index in [0.29, 0.717) is 6.54 Å². The van der Waals surface area contributed by atoms with Crippen LogP contribution in [0.15, 0.2) is 52.2 Å². The van der Waals surface area contributed by atoms with Crippen LogP contribution < -0.4 is 10.5 Å². The van der Waals surface area contributed by atoms with Crippen molar-refractivity contribution in [3.05, 3.63) is 53.5 Å². The van der Waals surface area contributed by atoms with Crippen LogP contribution in [0.2, 0.25) is 0 Å². The highest BCUT2D eigenvalue weighted by molar-refractivity contribution is 8.01. The third-order valence-electron chi connectivity index (χ3n) is 6.53. The van der Waals surface area contributed by atoms with Gasteiger partial charge in [-0.3, -0.25) is 9.78 Å². The van der Waals surface area contributed by atoms with Crippen molar-refractivity contribution in [2.45, 2.75) is 29.5 Å². The first-order valence-electron chi connectivity index (χ1n) is 11.3. The number of benzene rings is 1. The number of fused-ring (bicyclic) bond motifs is 1. The second-order valence-electron chi connectivity index (χ2n) is 8.54. The van der Waals surface area contributed by atoms with E-state index < -0.39 is 5.97 Å². The number of carboxylic acid groups (broad SMARTS) is 1. The zero-order chi connectivity index (χ0) is 23.2. The molecular formula is C25H31N3O3S2. The predicted molar refractivity (Wildman–Crippen MR) is 135 cm³/mol. The Morgan fingerprint density at radius 1 is 1.39 bits per heavy atom. The summed E-state index contributed by atoms with van der Waals surface area (Å²) >= 11 is 3.60. The average Bonchev–Trinajstić information content (AvgIpc) is 3.35. The summed E-state index contributed by atoms with van der Waals surface area (Å²) in [7, 11) is 1.65. The molecule has 3 N–H and O–H groups in total. The molecule has 8 heteroatoms. The van der Waals surface area contributed by atoms with E-state index in [4.69, 9.17) is 10.5 Å². The Kier molecular flexibility index (Phi) is 8.25. The highest BCUT2D eigenvalue weighted by atomic mass is 32.2. The molecule has 0 bridgehead atoms. The van der Waals surface area contributed by atoms with Crippen LogP contribution in [0.3, 0.4) is 0 Å². The number of pyridine rings is 1. The molecule has 1 aliphatic rings. The van der Waals surface area contributed by atoms with Crippen LogP contribution in [0.5, 0.6) is 5.75 Å². The fraction of sp³-hybridized carbons (Fsp3) is 0.440. The van der Waals surface area contributed by atoms with E-state index in [1.54, 1.807) is 24.6 Å². The van der Waals surface area contributed by atoms with Gasteiger partial charge in [0.2, 0.25) is 0 Å². The number of likely N-dealkylation sites (tertiary alicyclic amines) is 1. The third kappa shape index (κ3) is 6.06. The van der Waals surface area contributed by atoms with Gasteiger partial charge in [-0.05, 0) is 73.0 Å². The van der Waals surface area contributed by atoms with Crippen LogP contribution in [0.25, 0.3) is 10.9 Å². The molecule has 0 saturated carbocycles. The molecule has 3 heterocycles. The van der Waals surface area contributed by atoms with Gasteiger partial charge in [-0.2, -0.15) is 0 Å². The number of nitrogens with two attached hydrogens (primary N) is 1. The monoisotopic (exact) mass is 485 g/mol. The first-order chi connectivity index (χ1) is 16.0. The normalized spacial score (nSPS) is 20.1. The van der Waals surface area contributed by atoms with Gasteiger partial charge in [-0.15, -0.1) is 23.1 Å². The van der Waals surface area contributed by atoms with Gasteiger partial charge in [-0.1, -0.05) is 6.07 Å². The van der Waals surface area contributed by atoms with E-state index in [2.05, 4.69) is 27.4 Å². The summed E-state index contributed by atoms with van der Waals surface area (Å²) < 4.78 is 6.69. The standard InChI is InChI=1S/C25H31N3O3S2/c1-31-18-5-7-23-20(15-18)19(8-10-27-23)22(26)6-4-17-9-11-28(16-21(17)25(29)30)12-14-33-24-3-2-13-32-24/h2-3,5,7-8,10,13,15,17,21-22H,4,6,9,11-12,14,16,26H2,1H3,(H,29,30)/t17-,21+,22-/m1/s1. The molecule has 0 spiro atoms. The largest absolute Gasteiger partial charge is 0.497 e. The smallest absolute Gasteiger partial charge is 0.308 e. The number of methoxy groups -OCH3 is 1. The van der Waals surface area contributed by atoms with Crippen LogP contribution in [0.1, 0.15) is 30.9 Å². The Bertz CT molecular complexity index is 1060. The Balaban J connectivity index is 1.34. The maximum absolute atomic E-state index is 12.0. The van der Waals surface area contributed by atoms with E-state index in [0.717, 1.165) is 60.3 Å². The Morgan fingerprint density at radius 2 is 2.27 bits per heavy atom. The van der Waals surface area contributed by atoms with Gasteiger partial charge in [0, 0.05) is 36.5 Å². The van der Waals surface area contributed by atoms with Gasteiger partial charge in [0.05, 0.1) is 22.8 Å². The van der Waals surface area contributed by atoms with Crippen molar-refractivity contribution in [1.82, 2.24) is 9.88 Å². The predicted octanol–water partition coefficient (Wildman–Crippen LogP) is 4.90. The number of aromatic nitrogens is 1. The summed E-state index contributed by atoms with van der Waals surface area (Å²) in [4.78, 5) is 18.8. The minimum absolute atomic E-state index is 0.150. The van der Waals surface area contributed by atoms with Gasteiger partial charge in [-0.25, -0.2) is 0 Å². The van der Waals surface area contributed by atoms with Crippen molar-refractivity contribution in [2.75, 3.05) is 32.5 Å². The number of thioether (sulfide) groups is 1. The number of hydrogen-bond donors (Lipinski definition) is 2. The van der Waals surface area contributed by atoms with Gasteiger partial charge < -0.3 is 20.5 Å². The number of carbonyl (C=O) groups is 1. The van der Waals surface area contributed by atoms with Gasteiger partial charge in [0.15, 0.2) is 0 Å². The molecule has 176 valence electrons. The molecule has 0 unspecified atom stereocenters. The molecule has 0 aliphatic carbocycles. The van der Waals surface area contributed by atoms with E-state index in [-0.39, 0.29) is 17.9 Å². The summed E-state index contributed by atoms with van der Waals surface area (Å²) in [6, 6.07) is 11.8. The number of carboxylic acids is 1. The first-order valence-corrected chi connectivity index (χ1v) is 13.2. The maximum Gasteiger partial charge on any atom is 0.308 e. The van der Waals surface area contributed by atoms with Crippen molar-refractivity contribution in [2.24, 2.45) is 17.6 Å². The molecule has 0 radical (unpaired) electrons. The van der Waals surface area contributed by atoms with Crippen LogP contribution in [0.4, 0.5) is 0 Å². The molecule has 4 rings (SSSR count). The summed E-state index contributed by atoms with van der Waals surface area (Å²) in [6.07, 6.45) is 4.25. The van der Waals surface area contributed by atoms with Crippen LogP contribution >= 0.6 is 23.1 Å². The van der Waals surface area contributed by atoms with Crippen LogP contribution in [-0.2, 0) is 4.79 Å². The fourth-order valence-corrected chi connectivity index (χ4v) is 6.53. The van der Waals surface area contributed by atoms with Gasteiger partial charge in [0.25, 0.3) is 0 Å². The summed E-state index contributed by atoms with van der Waals surface area (Å²) in [5, 5.41) is 13.0. The Hall–Kier alpha value is -2.13. The Morgan fingerprint density at radius 3 is 3.03 bits per heavy atom. The molecule has 33 heavy (non-hydrogen) atoms. The minimum atomic E-state index is -0.691. The second kappa shape index (κ2) is 11.3. The Labute approximate surface area is 203 Å². The summed E-state index contributed by atoms with van der Waals surface area (Å²) in [6.45, 7) is 2.49. The lowest BCUT2D eigenvalue weighted by molar-refractivity contribution is -0.146. The maximum atomic E-state index is 12.0. The lowest BCUT2D eigenvalue weighted by Gasteiger charge is -2.37. The fourth-order valence-electron chi connectivity index (χ4n) is 4.66. The quantitative estimate of drug-likeness (QED) is 0.395. The molecule has 1 fully saturated rings. The molecular weight excluding hydrogens is 454 g/mol. The number of piperidine rings is 1. The number of thiophene rings is 1. The number of nitrogens with zero attached hydrogens (tertiary/aromatic N) is 2. The summed E-state index contributed by atoms with van der Waals surface area (Å²) in [5.74, 6) is 0.883. The molecule has 3 atom stereocenters. The molecule has 1 aromatic carbocycles. The van der Waals surface area contributed by atoms with Gasteiger partial charge >= 0.3 is 5.97 Å². The molecule has 0 amide bonds. The highest BCUT2D eigenvalue weighted by Crippen LogP contribution is 2.33. The molecule has 3 aromatic rings. The second-order valence-corrected chi connectivity index (χ2v) is 10.9. The number of rotatable bonds is 10. The number of aliphatic carboxylic acids is 1. The minimum Gasteiger partial charge on any atom is -0.497 e. The van der Waals surface area contributed by atoms with Gasteiger partial charge in [0.1, 0.15) is 5.75 Å². The molecule has 1 aliphatic heterocycles.